The van der Waals surface area contributed by atoms with Gasteiger partial charge in [-0.25, -0.2) is 4.79 Å². The topological polar surface area (TPSA) is 66.8 Å². The van der Waals surface area contributed by atoms with Crippen LogP contribution in [0.5, 0.6) is 0 Å². The van der Waals surface area contributed by atoms with Gasteiger partial charge in [-0.15, -0.1) is 0 Å². The van der Waals surface area contributed by atoms with Crippen LogP contribution < -0.4 is 0 Å². The van der Waals surface area contributed by atoms with Gasteiger partial charge in [-0.3, -0.25) is 0 Å². The number of hydrogen-bond donors (Lipinski definition) is 2. The molecule has 1 aliphatic carbocycles. The van der Waals surface area contributed by atoms with Crippen molar-refractivity contribution in [2.75, 3.05) is 0 Å². The molecule has 1 heterocycles. The van der Waals surface area contributed by atoms with Gasteiger partial charge in [0.2, 0.25) is 0 Å². The smallest absolute Gasteiger partial charge is 0.330 e. The molecule has 0 saturated heterocycles. The second kappa shape index (κ2) is 7.04. The summed E-state index contributed by atoms with van der Waals surface area (Å²) in [5, 5.41) is 20.0. The molecule has 1 fully saturated rings. The van der Waals surface area contributed by atoms with E-state index in [0.717, 1.165) is 19.3 Å². The lowest BCUT2D eigenvalue weighted by molar-refractivity contribution is -0.142. The highest BCUT2D eigenvalue weighted by Gasteiger charge is 2.35. The van der Waals surface area contributed by atoms with Crippen molar-refractivity contribution in [1.29, 1.82) is 0 Å². The summed E-state index contributed by atoms with van der Waals surface area (Å²) in [4.78, 5) is 11.6. The minimum atomic E-state index is -0.717. The lowest BCUT2D eigenvalue weighted by Crippen LogP contribution is -2.21. The number of rotatable bonds is 0. The molecule has 0 bridgehead atoms. The predicted molar refractivity (Wildman–Crippen MR) is 75.9 cm³/mol. The molecular weight excluding hydrogens is 256 g/mol. The number of hydrogen-bond acceptors (Lipinski definition) is 4. The SMILES string of the molecule is C[C@@H]1CCC/C=C/[C@@H]2C[C@@H](O)C[C@H]2[C@H](O)/C=C/C(=O)O1. The van der Waals surface area contributed by atoms with E-state index in [4.69, 9.17) is 4.74 Å². The first-order valence-corrected chi connectivity index (χ1v) is 7.48. The molecule has 2 rings (SSSR count). The first-order valence-electron chi connectivity index (χ1n) is 7.48. The number of allylic oxidation sites excluding steroid dienone is 2. The molecule has 2 N–H and O–H groups in total. The lowest BCUT2D eigenvalue weighted by Gasteiger charge is -2.19. The van der Waals surface area contributed by atoms with Crippen LogP contribution in [-0.2, 0) is 9.53 Å². The van der Waals surface area contributed by atoms with Crippen molar-refractivity contribution >= 4 is 5.97 Å². The van der Waals surface area contributed by atoms with Gasteiger partial charge >= 0.3 is 5.97 Å². The third-order valence-corrected chi connectivity index (χ3v) is 4.19. The van der Waals surface area contributed by atoms with E-state index in [2.05, 4.69) is 12.2 Å². The van der Waals surface area contributed by atoms with Crippen LogP contribution in [0.3, 0.4) is 0 Å². The quantitative estimate of drug-likeness (QED) is 0.526. The molecule has 0 aromatic rings. The normalized spacial score (nSPS) is 42.5. The molecule has 4 heteroatoms. The highest BCUT2D eigenvalue weighted by Crippen LogP contribution is 2.36. The van der Waals surface area contributed by atoms with Gasteiger partial charge in [-0.1, -0.05) is 12.2 Å². The van der Waals surface area contributed by atoms with Crippen molar-refractivity contribution in [3.8, 4) is 0 Å². The van der Waals surface area contributed by atoms with Gasteiger partial charge in [0.25, 0.3) is 0 Å². The maximum absolute atomic E-state index is 11.6. The molecule has 0 aromatic carbocycles. The monoisotopic (exact) mass is 280 g/mol. The fourth-order valence-electron chi connectivity index (χ4n) is 3.10. The molecule has 1 saturated carbocycles. The summed E-state index contributed by atoms with van der Waals surface area (Å²) in [5.41, 5.74) is 0. The minimum Gasteiger partial charge on any atom is -0.460 e. The number of aliphatic hydroxyl groups is 2. The van der Waals surface area contributed by atoms with Crippen molar-refractivity contribution < 1.29 is 19.7 Å². The van der Waals surface area contributed by atoms with Gasteiger partial charge in [0, 0.05) is 6.08 Å². The molecule has 0 spiro atoms. The Labute approximate surface area is 120 Å². The van der Waals surface area contributed by atoms with Crippen LogP contribution in [0, 0.1) is 11.8 Å². The molecule has 0 unspecified atom stereocenters. The Morgan fingerprint density at radius 1 is 1.25 bits per heavy atom. The van der Waals surface area contributed by atoms with Crippen LogP contribution in [0.15, 0.2) is 24.3 Å². The highest BCUT2D eigenvalue weighted by atomic mass is 16.5. The molecular formula is C16H24O4. The molecule has 4 nitrogen and oxygen atoms in total. The van der Waals surface area contributed by atoms with Crippen molar-refractivity contribution in [2.45, 2.75) is 57.3 Å². The second-order valence-corrected chi connectivity index (χ2v) is 5.91. The molecule has 5 atom stereocenters. The summed E-state index contributed by atoms with van der Waals surface area (Å²) in [7, 11) is 0. The van der Waals surface area contributed by atoms with Crippen LogP contribution in [-0.4, -0.2) is 34.5 Å². The summed E-state index contributed by atoms with van der Waals surface area (Å²) in [5.74, 6) is -0.249. The third kappa shape index (κ3) is 4.18. The van der Waals surface area contributed by atoms with Crippen LogP contribution >= 0.6 is 0 Å². The summed E-state index contributed by atoms with van der Waals surface area (Å²) < 4.78 is 5.23. The molecule has 1 aliphatic heterocycles. The molecule has 0 radical (unpaired) electrons. The van der Waals surface area contributed by atoms with Crippen LogP contribution in [0.2, 0.25) is 0 Å². The van der Waals surface area contributed by atoms with Crippen molar-refractivity contribution in [1.82, 2.24) is 0 Å². The van der Waals surface area contributed by atoms with Crippen molar-refractivity contribution in [3.05, 3.63) is 24.3 Å². The van der Waals surface area contributed by atoms with Gasteiger partial charge in [-0.2, -0.15) is 0 Å². The van der Waals surface area contributed by atoms with E-state index >= 15 is 0 Å². The first kappa shape index (κ1) is 15.3. The number of aliphatic hydroxyl groups excluding tert-OH is 2. The number of cyclic esters (lactones) is 1. The summed E-state index contributed by atoms with van der Waals surface area (Å²) in [6, 6.07) is 0. The average molecular weight is 280 g/mol. The van der Waals surface area contributed by atoms with Gasteiger partial charge in [0.1, 0.15) is 0 Å². The number of carbonyl (C=O) groups is 1. The number of esters is 1. The molecule has 0 amide bonds. The van der Waals surface area contributed by atoms with Crippen LogP contribution in [0.25, 0.3) is 0 Å². The van der Waals surface area contributed by atoms with E-state index < -0.39 is 12.1 Å². The Kier molecular flexibility index (Phi) is 5.38. The number of ether oxygens (including phenoxy) is 1. The zero-order chi connectivity index (χ0) is 14.5. The minimum absolute atomic E-state index is 0.0246. The zero-order valence-corrected chi connectivity index (χ0v) is 11.9. The Morgan fingerprint density at radius 2 is 2.05 bits per heavy atom. The number of fused-ring (bicyclic) bond motifs is 1. The standard InChI is InChI=1S/C16H24O4/c1-11-5-3-2-4-6-12-9-13(17)10-14(12)15(18)7-8-16(19)20-11/h4,6-8,11-15,17-18H,2-3,5,9-10H2,1H3/b6-4+,8-7+/t11-,12-,13-,14-,15-/m1/s1. The van der Waals surface area contributed by atoms with Gasteiger partial charge in [0.15, 0.2) is 0 Å². The zero-order valence-electron chi connectivity index (χ0n) is 11.9. The van der Waals surface area contributed by atoms with E-state index in [1.807, 2.05) is 6.92 Å². The van der Waals surface area contributed by atoms with E-state index in [9.17, 15) is 15.0 Å². The number of carbonyl (C=O) groups excluding carboxylic acids is 1. The second-order valence-electron chi connectivity index (χ2n) is 5.91. The molecule has 112 valence electrons. The van der Waals surface area contributed by atoms with Crippen LogP contribution in [0.4, 0.5) is 0 Å². The molecule has 20 heavy (non-hydrogen) atoms. The lowest BCUT2D eigenvalue weighted by atomic mass is 9.90. The van der Waals surface area contributed by atoms with E-state index in [1.165, 1.54) is 12.2 Å². The van der Waals surface area contributed by atoms with E-state index in [0.29, 0.717) is 12.8 Å². The molecule has 2 aliphatic rings. The summed E-state index contributed by atoms with van der Waals surface area (Å²) >= 11 is 0. The fraction of sp³-hybridized carbons (Fsp3) is 0.688. The summed E-state index contributed by atoms with van der Waals surface area (Å²) in [6.45, 7) is 1.89. The Morgan fingerprint density at radius 3 is 2.85 bits per heavy atom. The Bertz CT molecular complexity index is 388. The third-order valence-electron chi connectivity index (χ3n) is 4.19. The maximum Gasteiger partial charge on any atom is 0.330 e. The van der Waals surface area contributed by atoms with E-state index in [1.54, 1.807) is 0 Å². The highest BCUT2D eigenvalue weighted by molar-refractivity contribution is 5.82. The average Bonchev–Trinajstić information content (AvgIpc) is 2.76. The van der Waals surface area contributed by atoms with Gasteiger partial charge in [0.05, 0.1) is 18.3 Å². The van der Waals surface area contributed by atoms with Gasteiger partial charge < -0.3 is 14.9 Å². The Hall–Kier alpha value is -1.13. The first-order chi connectivity index (χ1) is 9.56. The molecule has 0 aromatic heterocycles. The van der Waals surface area contributed by atoms with E-state index in [-0.39, 0.29) is 24.0 Å². The van der Waals surface area contributed by atoms with Crippen molar-refractivity contribution in [2.24, 2.45) is 11.8 Å². The fourth-order valence-corrected chi connectivity index (χ4v) is 3.10. The Balaban J connectivity index is 2.11. The van der Waals surface area contributed by atoms with Gasteiger partial charge in [-0.05, 0) is 56.9 Å². The maximum atomic E-state index is 11.6. The predicted octanol–water partition coefficient (Wildman–Crippen LogP) is 1.96. The largest absolute Gasteiger partial charge is 0.460 e. The van der Waals surface area contributed by atoms with Crippen molar-refractivity contribution in [3.63, 3.8) is 0 Å². The van der Waals surface area contributed by atoms with Crippen LogP contribution in [0.1, 0.15) is 39.0 Å². The summed E-state index contributed by atoms with van der Waals surface area (Å²) in [6.07, 6.45) is 9.87.